The number of rotatable bonds is 4. The van der Waals surface area contributed by atoms with Gasteiger partial charge >= 0.3 is 0 Å². The van der Waals surface area contributed by atoms with Gasteiger partial charge in [0.05, 0.1) is 6.10 Å². The Morgan fingerprint density at radius 1 is 1.18 bits per heavy atom. The van der Waals surface area contributed by atoms with E-state index in [9.17, 15) is 9.90 Å². The Balaban J connectivity index is 2.39. The first-order valence-corrected chi connectivity index (χ1v) is 7.48. The lowest BCUT2D eigenvalue weighted by Crippen LogP contribution is -2.09. The smallest absolute Gasteiger partial charge is 0.159 e. The number of benzene rings is 2. The molecule has 2 aromatic carbocycles. The van der Waals surface area contributed by atoms with Crippen molar-refractivity contribution in [1.82, 2.24) is 4.57 Å². The second-order valence-electron chi connectivity index (χ2n) is 5.68. The van der Waals surface area contributed by atoms with Crippen LogP contribution in [0.4, 0.5) is 0 Å². The highest BCUT2D eigenvalue weighted by molar-refractivity contribution is 6.10. The number of aliphatic hydroxyl groups excluding tert-OH is 1. The summed E-state index contributed by atoms with van der Waals surface area (Å²) >= 11 is 0. The van der Waals surface area contributed by atoms with Crippen LogP contribution in [0.15, 0.2) is 36.4 Å². The molecule has 3 rings (SSSR count). The van der Waals surface area contributed by atoms with Crippen LogP contribution in [0.1, 0.15) is 35.9 Å². The Morgan fingerprint density at radius 3 is 2.41 bits per heavy atom. The fourth-order valence-electron chi connectivity index (χ4n) is 2.97. The lowest BCUT2D eigenvalue weighted by Gasteiger charge is -2.07. The van der Waals surface area contributed by atoms with Gasteiger partial charge in [-0.3, -0.25) is 4.79 Å². The molecule has 0 aliphatic heterocycles. The van der Waals surface area contributed by atoms with Crippen LogP contribution in [0.3, 0.4) is 0 Å². The van der Waals surface area contributed by atoms with Gasteiger partial charge in [-0.1, -0.05) is 6.07 Å². The minimum Gasteiger partial charge on any atom is -0.389 e. The molecule has 1 aromatic heterocycles. The van der Waals surface area contributed by atoms with Gasteiger partial charge in [-0.2, -0.15) is 0 Å². The molecular weight excluding hydrogens is 276 g/mol. The average molecular weight is 296 g/mol. The van der Waals surface area contributed by atoms with E-state index in [-0.39, 0.29) is 5.78 Å². The Labute approximate surface area is 129 Å². The third-order valence-corrected chi connectivity index (χ3v) is 4.13. The fourth-order valence-corrected chi connectivity index (χ4v) is 2.97. The molecule has 0 saturated carbocycles. The fraction of sp³-hybridized carbons (Fsp3) is 0.278. The highest BCUT2D eigenvalue weighted by atomic mass is 16.3. The highest BCUT2D eigenvalue weighted by Crippen LogP contribution is 2.32. The van der Waals surface area contributed by atoms with E-state index in [4.69, 9.17) is 5.73 Å². The third kappa shape index (κ3) is 2.30. The van der Waals surface area contributed by atoms with E-state index in [0.717, 1.165) is 27.4 Å². The van der Waals surface area contributed by atoms with Crippen molar-refractivity contribution >= 4 is 27.6 Å². The molecule has 3 aromatic rings. The van der Waals surface area contributed by atoms with Crippen molar-refractivity contribution < 1.29 is 9.90 Å². The first kappa shape index (κ1) is 14.8. The minimum absolute atomic E-state index is 0.0494. The van der Waals surface area contributed by atoms with Crippen LogP contribution < -0.4 is 5.73 Å². The average Bonchev–Trinajstić information content (AvgIpc) is 2.81. The molecule has 4 heteroatoms. The van der Waals surface area contributed by atoms with E-state index >= 15 is 0 Å². The van der Waals surface area contributed by atoms with E-state index < -0.39 is 6.10 Å². The van der Waals surface area contributed by atoms with Crippen LogP contribution >= 0.6 is 0 Å². The van der Waals surface area contributed by atoms with Crippen LogP contribution in [0.2, 0.25) is 0 Å². The lowest BCUT2D eigenvalue weighted by atomic mass is 10.0. The van der Waals surface area contributed by atoms with Crippen molar-refractivity contribution in [1.29, 1.82) is 0 Å². The minimum atomic E-state index is -0.520. The topological polar surface area (TPSA) is 68.2 Å². The molecule has 22 heavy (non-hydrogen) atoms. The number of hydrogen-bond acceptors (Lipinski definition) is 3. The second kappa shape index (κ2) is 5.55. The summed E-state index contributed by atoms with van der Waals surface area (Å²) in [7, 11) is 0. The number of ketones is 1. The van der Waals surface area contributed by atoms with Gasteiger partial charge in [0.25, 0.3) is 0 Å². The monoisotopic (exact) mass is 296 g/mol. The first-order chi connectivity index (χ1) is 10.5. The molecule has 0 aliphatic carbocycles. The lowest BCUT2D eigenvalue weighted by molar-refractivity contribution is 0.101. The zero-order valence-electron chi connectivity index (χ0n) is 12.8. The largest absolute Gasteiger partial charge is 0.389 e. The quantitative estimate of drug-likeness (QED) is 0.727. The van der Waals surface area contributed by atoms with Gasteiger partial charge < -0.3 is 15.4 Å². The molecule has 1 heterocycles. The van der Waals surface area contributed by atoms with Crippen molar-refractivity contribution in [2.45, 2.75) is 26.5 Å². The van der Waals surface area contributed by atoms with Crippen LogP contribution in [-0.4, -0.2) is 22.0 Å². The van der Waals surface area contributed by atoms with Crippen LogP contribution in [0, 0.1) is 0 Å². The number of aromatic nitrogens is 1. The maximum atomic E-state index is 11.7. The molecule has 114 valence electrons. The van der Waals surface area contributed by atoms with Crippen molar-refractivity contribution in [3.05, 3.63) is 47.5 Å². The van der Waals surface area contributed by atoms with Crippen molar-refractivity contribution in [2.75, 3.05) is 6.54 Å². The van der Waals surface area contributed by atoms with Gasteiger partial charge in [-0.25, -0.2) is 0 Å². The van der Waals surface area contributed by atoms with Crippen molar-refractivity contribution in [2.24, 2.45) is 5.73 Å². The van der Waals surface area contributed by atoms with Crippen LogP contribution in [0.5, 0.6) is 0 Å². The van der Waals surface area contributed by atoms with Gasteiger partial charge in [-0.05, 0) is 49.7 Å². The van der Waals surface area contributed by atoms with Crippen molar-refractivity contribution in [3.63, 3.8) is 0 Å². The Bertz CT molecular complexity index is 862. The molecular formula is C18H20N2O2. The number of carbonyl (C=O) groups excluding carboxylic acids is 1. The molecule has 0 fully saturated rings. The van der Waals surface area contributed by atoms with E-state index in [0.29, 0.717) is 18.7 Å². The standard InChI is InChI=1S/C18H20N2O2/c1-11(21)13-3-5-17-15(9-13)16-10-14(12(2)22)4-6-18(16)20(17)8-7-19/h3-6,9-11,21H,7-8,19H2,1-2H3. The first-order valence-electron chi connectivity index (χ1n) is 7.48. The van der Waals surface area contributed by atoms with Gasteiger partial charge in [0, 0.05) is 40.5 Å². The number of fused-ring (bicyclic) bond motifs is 3. The maximum absolute atomic E-state index is 11.7. The Morgan fingerprint density at radius 2 is 1.82 bits per heavy atom. The maximum Gasteiger partial charge on any atom is 0.159 e. The summed E-state index contributed by atoms with van der Waals surface area (Å²) in [6, 6.07) is 11.7. The highest BCUT2D eigenvalue weighted by Gasteiger charge is 2.13. The molecule has 1 atom stereocenters. The SMILES string of the molecule is CC(=O)c1ccc2c(c1)c1cc(C(C)O)ccc1n2CCN. The second-order valence-corrected chi connectivity index (χ2v) is 5.68. The number of carbonyl (C=O) groups is 1. The number of hydrogen-bond donors (Lipinski definition) is 2. The van der Waals surface area contributed by atoms with Gasteiger partial charge in [0.2, 0.25) is 0 Å². The molecule has 3 N–H and O–H groups in total. The molecule has 0 saturated heterocycles. The van der Waals surface area contributed by atoms with Crippen molar-refractivity contribution in [3.8, 4) is 0 Å². The normalized spacial score (nSPS) is 12.9. The predicted octanol–water partition coefficient (Wildman–Crippen LogP) is 3.01. The summed E-state index contributed by atoms with van der Waals surface area (Å²) in [4.78, 5) is 11.7. The van der Waals surface area contributed by atoms with Gasteiger partial charge in [-0.15, -0.1) is 0 Å². The number of nitrogens with zero attached hydrogens (tertiary/aromatic N) is 1. The summed E-state index contributed by atoms with van der Waals surface area (Å²) in [6.45, 7) is 4.58. The molecule has 1 unspecified atom stereocenters. The summed E-state index contributed by atoms with van der Waals surface area (Å²) in [5, 5.41) is 11.9. The zero-order valence-corrected chi connectivity index (χ0v) is 12.8. The summed E-state index contributed by atoms with van der Waals surface area (Å²) in [5.74, 6) is 0.0494. The Kier molecular flexibility index (Phi) is 3.72. The van der Waals surface area contributed by atoms with Crippen LogP contribution in [-0.2, 0) is 6.54 Å². The summed E-state index contributed by atoms with van der Waals surface area (Å²) in [6.07, 6.45) is -0.520. The molecule has 0 spiro atoms. The zero-order chi connectivity index (χ0) is 15.9. The van der Waals surface area contributed by atoms with E-state index in [2.05, 4.69) is 4.57 Å². The summed E-state index contributed by atoms with van der Waals surface area (Å²) < 4.78 is 2.17. The number of nitrogens with two attached hydrogens (primary N) is 1. The van der Waals surface area contributed by atoms with Gasteiger partial charge in [0.15, 0.2) is 5.78 Å². The summed E-state index contributed by atoms with van der Waals surface area (Å²) in [5.41, 5.74) is 9.44. The van der Waals surface area contributed by atoms with Crippen LogP contribution in [0.25, 0.3) is 21.8 Å². The van der Waals surface area contributed by atoms with E-state index in [1.165, 1.54) is 0 Å². The van der Waals surface area contributed by atoms with Gasteiger partial charge in [0.1, 0.15) is 0 Å². The number of aliphatic hydroxyl groups is 1. The molecule has 4 nitrogen and oxygen atoms in total. The molecule has 0 bridgehead atoms. The number of Topliss-reactive ketones (excluding diaryl/α,β-unsaturated/α-hetero) is 1. The van der Waals surface area contributed by atoms with E-state index in [1.54, 1.807) is 13.8 Å². The predicted molar refractivity (Wildman–Crippen MR) is 89.1 cm³/mol. The molecule has 0 radical (unpaired) electrons. The Hall–Kier alpha value is -2.17. The molecule has 0 aliphatic rings. The van der Waals surface area contributed by atoms with E-state index in [1.807, 2.05) is 36.4 Å². The molecule has 0 amide bonds. The third-order valence-electron chi connectivity index (χ3n) is 4.13.